The molecule has 0 aliphatic carbocycles. The third kappa shape index (κ3) is 24.7. The van der Waals surface area contributed by atoms with Gasteiger partial charge in [-0.1, -0.05) is 101 Å². The van der Waals surface area contributed by atoms with Gasteiger partial charge >= 0.3 is 0 Å². The second-order valence-electron chi connectivity index (χ2n) is 26.0. The number of hydrogen-bond acceptors (Lipinski definition) is 22. The van der Waals surface area contributed by atoms with E-state index in [1.807, 2.05) is 80.7 Å². The molecule has 12 heterocycles. The van der Waals surface area contributed by atoms with E-state index in [4.69, 9.17) is 39.6 Å². The topological polar surface area (TPSA) is 281 Å². The standard InChI is InChI=1S/C38H30ClN9O3S.C22H19N5O3.C16H12ClIN4S.CH4.S9.S8/c1-22-31(52-38-34(22)35(25-10-12-26(39)13-11-25)40-19-32-44-42-23(2)48(32)38)16-14-27-20-46(45-43-27)18-5-3-4-7-24-8-6-9-28-29(24)21-47(37(28)51)30-15-17-33(49)41-36(30)50;1-2-16-13-26(25-24-16)12-5-3-4-7-15-8-6-9-17-18(15)14-27(22(17)30)19-10-11-20(28)23-21(19)29;1-8-13-14(10-3-5-11(17)6-4-10)19-7-12-21-20-9(2)22(12)16(13)23-15(8)18;;1-3-5-7-9-8-6-4-2;1-3-5-7-8-6-4-2/h6,8-13,20,30H,3,5,15,17-19,21H2,1-2H3,(H,41,49,50);1,6,8-9,13,19H,3,5,10-12,14H2,(H,23,28,29);3-6H,7H2,1-2H3;1H4;;. The van der Waals surface area contributed by atoms with Crippen LogP contribution in [0.15, 0.2) is 107 Å². The highest BCUT2D eigenvalue weighted by Gasteiger charge is 2.42. The Bertz CT molecular complexity index is 6780. The second-order valence-corrected chi connectivity index (χ2v) is 53.7. The summed E-state index contributed by atoms with van der Waals surface area (Å²) in [6.07, 6.45) is 12.7. The van der Waals surface area contributed by atoms with Crippen molar-refractivity contribution in [1.29, 1.82) is 0 Å². The lowest BCUT2D eigenvalue weighted by molar-refractivity contribution is -0.138. The van der Waals surface area contributed by atoms with Crippen molar-refractivity contribution in [2.45, 2.75) is 138 Å². The number of nitrogens with zero attached hydrogens (tertiary/aromatic N) is 16. The number of rotatable bonds is 10. The number of halogens is 3. The van der Waals surface area contributed by atoms with Crippen molar-refractivity contribution < 1.29 is 28.8 Å². The van der Waals surface area contributed by atoms with E-state index >= 15 is 0 Å². The van der Waals surface area contributed by atoms with Crippen LogP contribution in [0.1, 0.15) is 175 Å². The van der Waals surface area contributed by atoms with Crippen LogP contribution < -0.4 is 10.6 Å². The Kier molecular flexibility index (Phi) is 37.2. The highest BCUT2D eigenvalue weighted by atomic mass is 127. The van der Waals surface area contributed by atoms with Gasteiger partial charge < -0.3 is 9.80 Å². The molecule has 46 heteroatoms. The Hall–Kier alpha value is -7.31. The Morgan fingerprint density at radius 3 is 1.38 bits per heavy atom. The van der Waals surface area contributed by atoms with E-state index in [0.717, 1.165) is 112 Å². The van der Waals surface area contributed by atoms with Gasteiger partial charge in [0.2, 0.25) is 23.6 Å². The van der Waals surface area contributed by atoms with Crippen LogP contribution in [-0.4, -0.2) is 128 Å². The molecule has 0 radical (unpaired) electrons. The molecule has 0 bridgehead atoms. The lowest BCUT2D eigenvalue weighted by Crippen LogP contribution is -2.52. The van der Waals surface area contributed by atoms with Crippen LogP contribution in [0.2, 0.25) is 10.0 Å². The maximum absolute atomic E-state index is 13.1. The van der Waals surface area contributed by atoms with E-state index in [1.54, 1.807) is 147 Å². The van der Waals surface area contributed by atoms with Gasteiger partial charge in [-0.2, -0.15) is 0 Å². The Morgan fingerprint density at radius 1 is 0.528 bits per heavy atom. The molecular formula is C77H65Cl2IN18O6S19. The molecule has 634 valence electrons. The molecule has 10 aromatic rings. The fraction of sp³-hybridized carbons (Fsp3) is 0.273. The summed E-state index contributed by atoms with van der Waals surface area (Å²) in [5, 5.41) is 41.7. The summed E-state index contributed by atoms with van der Waals surface area (Å²) >= 11 is 36.4. The van der Waals surface area contributed by atoms with Crippen LogP contribution >= 0.6 is 68.5 Å². The summed E-state index contributed by atoms with van der Waals surface area (Å²) in [5.74, 6) is 23.2. The normalized spacial score (nSPS) is 14.6. The van der Waals surface area contributed by atoms with Crippen LogP contribution in [-0.2, 0) is 219 Å². The van der Waals surface area contributed by atoms with Gasteiger partial charge in [0.15, 0.2) is 23.0 Å². The number of imide groups is 2. The molecule has 2 fully saturated rings. The molecule has 6 aliphatic rings. The molecule has 2 N–H and O–H groups in total. The minimum Gasteiger partial charge on any atom is -0.322 e. The van der Waals surface area contributed by atoms with Crippen LogP contribution in [0.4, 0.5) is 0 Å². The van der Waals surface area contributed by atoms with Crippen molar-refractivity contribution in [3.05, 3.63) is 217 Å². The summed E-state index contributed by atoms with van der Waals surface area (Å²) in [7, 11) is 20.0. The summed E-state index contributed by atoms with van der Waals surface area (Å²) < 4.78 is 8.90. The zero-order chi connectivity index (χ0) is 86.3. The SMILES string of the molecule is C.C#Cc1cn(CCCC#Cc2cccc3c2CN(C2CCC(=O)NC2=O)C3=O)nn1.Cc1c(C#Cc2cn(CCCC#Cc3cccc4c3CN(C3CCC(=O)NC3=O)C4=O)nn2)sc2c1C(c1ccc(Cl)cc1)=NCc1nnc(C)n1-2.Cc1c(I)sc2c1C(c1ccc(Cl)cc1)=NCc1nnc(C)n1-2.S=S=S=S=S=S=S=S.S=S=S=S=S=S=S=S=S. The zero-order valence-corrected chi connectivity index (χ0v) is 83.0. The van der Waals surface area contributed by atoms with Gasteiger partial charge in [0, 0.05) is 267 Å². The predicted octanol–water partition coefficient (Wildman–Crippen LogP) is 10.5. The molecule has 24 nitrogen and oxygen atoms in total. The molecule has 2 saturated heterocycles. The van der Waals surface area contributed by atoms with E-state index in [-0.39, 0.29) is 43.9 Å². The van der Waals surface area contributed by atoms with E-state index in [0.29, 0.717) is 92.5 Å². The van der Waals surface area contributed by atoms with Crippen LogP contribution in [0.5, 0.6) is 0 Å². The monoisotopic (exact) mass is 2140 g/mol. The average molecular weight is 2150 g/mol. The van der Waals surface area contributed by atoms with Crippen molar-refractivity contribution in [3.63, 3.8) is 0 Å². The smallest absolute Gasteiger partial charge is 0.255 e. The van der Waals surface area contributed by atoms with Gasteiger partial charge in [-0.05, 0) is 165 Å². The highest BCUT2D eigenvalue weighted by Crippen LogP contribution is 2.40. The molecule has 4 aromatic carbocycles. The van der Waals surface area contributed by atoms with Gasteiger partial charge in [-0.15, -0.1) is 59.7 Å². The number of carbonyl (C=O) groups is 6. The Morgan fingerprint density at radius 2 is 0.951 bits per heavy atom. The number of terminal acetylenes is 1. The van der Waals surface area contributed by atoms with Crippen molar-refractivity contribution >= 4 is 276 Å². The number of benzene rings is 4. The molecule has 123 heavy (non-hydrogen) atoms. The van der Waals surface area contributed by atoms with E-state index in [1.165, 1.54) is 54.4 Å². The highest BCUT2D eigenvalue weighted by molar-refractivity contribution is 14.1. The number of aromatic nitrogens is 12. The van der Waals surface area contributed by atoms with E-state index in [2.05, 4.69) is 183 Å². The van der Waals surface area contributed by atoms with Crippen LogP contribution in [0.3, 0.4) is 0 Å². The van der Waals surface area contributed by atoms with Gasteiger partial charge in [-0.3, -0.25) is 67.9 Å². The third-order valence-corrected chi connectivity index (χ3v) is 47.4. The summed E-state index contributed by atoms with van der Waals surface area (Å²) in [6, 6.07) is 25.1. The molecule has 0 spiro atoms. The van der Waals surface area contributed by atoms with Crippen molar-refractivity contribution in [1.82, 2.24) is 80.0 Å². The molecule has 6 aromatic heterocycles. The maximum Gasteiger partial charge on any atom is 0.255 e. The van der Waals surface area contributed by atoms with Gasteiger partial charge in [0.25, 0.3) is 11.8 Å². The first-order valence-corrected chi connectivity index (χ1v) is 59.5. The number of aliphatic imine (C=N–C) groups is 2. The fourth-order valence-corrected chi connectivity index (χ4v) is 41.4. The van der Waals surface area contributed by atoms with E-state index < -0.39 is 23.9 Å². The number of thiophene rings is 2. The van der Waals surface area contributed by atoms with E-state index in [9.17, 15) is 28.8 Å². The van der Waals surface area contributed by atoms with Gasteiger partial charge in [-0.25, -0.2) is 0 Å². The zero-order valence-electron chi connectivity index (χ0n) is 63.9. The van der Waals surface area contributed by atoms with Crippen molar-refractivity contribution in [2.75, 3.05) is 0 Å². The Labute approximate surface area is 796 Å². The minimum atomic E-state index is -0.658. The minimum absolute atomic E-state index is 0. The number of carbonyl (C=O) groups excluding carboxylic acids is 6. The molecule has 6 amide bonds. The summed E-state index contributed by atoms with van der Waals surface area (Å²) in [5.41, 5.74) is 13.7. The number of aryl methyl sites for hydroxylation is 4. The lowest BCUT2D eigenvalue weighted by Gasteiger charge is -2.29. The molecule has 6 aliphatic heterocycles. The first-order valence-electron chi connectivity index (χ1n) is 36.0. The molecule has 2 unspecified atom stereocenters. The summed E-state index contributed by atoms with van der Waals surface area (Å²) in [6.45, 7) is 10.9. The Balaban J connectivity index is 0.000000175. The van der Waals surface area contributed by atoms with Crippen molar-refractivity contribution in [2.24, 2.45) is 9.98 Å². The van der Waals surface area contributed by atoms with Gasteiger partial charge in [0.05, 0.1) is 31.6 Å². The number of piperidine rings is 2. The first kappa shape index (κ1) is 96.3. The van der Waals surface area contributed by atoms with Gasteiger partial charge in [0.1, 0.15) is 46.8 Å². The first-order chi connectivity index (χ1) is 59.2. The molecule has 2 atom stereocenters. The second kappa shape index (κ2) is 47.5. The molecule has 0 saturated carbocycles. The molecular weight excluding hydrogens is 2080 g/mol. The fourth-order valence-electron chi connectivity index (χ4n) is 13.2. The number of amides is 6. The number of nitrogens with one attached hydrogen (secondary N) is 2. The lowest BCUT2D eigenvalue weighted by atomic mass is 10.00. The maximum atomic E-state index is 13.1. The number of unbranched alkanes of at least 4 members (excludes halogenated alkanes) is 2. The van der Waals surface area contributed by atoms with Crippen LogP contribution in [0.25, 0.3) is 10.0 Å². The third-order valence-electron chi connectivity index (χ3n) is 18.7. The largest absolute Gasteiger partial charge is 0.322 e. The molecule has 16 rings (SSSR count). The quantitative estimate of drug-likeness (QED) is 0.0557. The summed E-state index contributed by atoms with van der Waals surface area (Å²) in [4.78, 5) is 87.3. The van der Waals surface area contributed by atoms with Crippen LogP contribution in [0, 0.1) is 78.4 Å². The average Bonchev–Trinajstić information content (AvgIpc) is 1.58. The number of hydrogen-bond donors (Lipinski definition) is 2. The predicted molar refractivity (Wildman–Crippen MR) is 535 cm³/mol. The number of fused-ring (bicyclic) bond motifs is 8. The van der Waals surface area contributed by atoms with Crippen molar-refractivity contribution in [3.8, 4) is 57.9 Å².